The number of nitrogens with zero attached hydrogens (tertiary/aromatic N) is 2. The van der Waals surface area contributed by atoms with Crippen molar-refractivity contribution >= 4 is 17.3 Å². The van der Waals surface area contributed by atoms with Gasteiger partial charge in [-0.05, 0) is 25.5 Å². The number of aromatic nitrogens is 1. The molecule has 2 N–H and O–H groups in total. The summed E-state index contributed by atoms with van der Waals surface area (Å²) < 4.78 is 11.3. The molecule has 3 rings (SSSR count). The minimum Gasteiger partial charge on any atom is -0.491 e. The first-order valence-electron chi connectivity index (χ1n) is 10.4. The Hall–Kier alpha value is -2.90. The molecule has 0 radical (unpaired) electrons. The fraction of sp³-hybridized carbons (Fsp3) is 0.333. The molecule has 6 nitrogen and oxygen atoms in total. The van der Waals surface area contributed by atoms with Gasteiger partial charge < -0.3 is 20.1 Å². The molecule has 0 atom stereocenters. The van der Waals surface area contributed by atoms with Gasteiger partial charge in [0.1, 0.15) is 17.4 Å². The summed E-state index contributed by atoms with van der Waals surface area (Å²) in [7, 11) is 1.76. The van der Waals surface area contributed by atoms with E-state index >= 15 is 0 Å². The fourth-order valence-corrected chi connectivity index (χ4v) is 3.80. The number of rotatable bonds is 10. The van der Waals surface area contributed by atoms with Gasteiger partial charge in [0.15, 0.2) is 5.96 Å². The van der Waals surface area contributed by atoms with Gasteiger partial charge in [-0.3, -0.25) is 4.99 Å². The van der Waals surface area contributed by atoms with E-state index in [1.54, 1.807) is 18.4 Å². The van der Waals surface area contributed by atoms with Crippen LogP contribution in [0.2, 0.25) is 0 Å². The zero-order chi connectivity index (χ0) is 21.9. The topological polar surface area (TPSA) is 67.8 Å². The minimum absolute atomic E-state index is 0.533. The predicted molar refractivity (Wildman–Crippen MR) is 128 cm³/mol. The molecule has 1 heterocycles. The number of nitrogens with one attached hydrogen (secondary N) is 2. The highest BCUT2D eigenvalue weighted by Gasteiger charge is 2.08. The molecule has 0 aliphatic rings. The van der Waals surface area contributed by atoms with Crippen LogP contribution in [0.15, 0.2) is 58.9 Å². The molecule has 0 amide bonds. The van der Waals surface area contributed by atoms with Crippen molar-refractivity contribution in [1.82, 2.24) is 15.6 Å². The number of aliphatic imine (C=N–C) groups is 1. The van der Waals surface area contributed by atoms with Crippen LogP contribution >= 0.6 is 11.3 Å². The lowest BCUT2D eigenvalue weighted by Crippen LogP contribution is -2.36. The van der Waals surface area contributed by atoms with E-state index in [0.29, 0.717) is 32.9 Å². The Morgan fingerprint density at radius 3 is 2.65 bits per heavy atom. The summed E-state index contributed by atoms with van der Waals surface area (Å²) in [5, 5.41) is 9.79. The van der Waals surface area contributed by atoms with Crippen LogP contribution in [0, 0.1) is 6.92 Å². The van der Waals surface area contributed by atoms with Crippen molar-refractivity contribution in [3.63, 3.8) is 0 Å². The van der Waals surface area contributed by atoms with Gasteiger partial charge in [0, 0.05) is 36.7 Å². The van der Waals surface area contributed by atoms with E-state index in [1.807, 2.05) is 25.1 Å². The molecule has 3 aromatic rings. The van der Waals surface area contributed by atoms with Crippen LogP contribution in [0.25, 0.3) is 10.6 Å². The number of hydrogen-bond donors (Lipinski definition) is 2. The van der Waals surface area contributed by atoms with Crippen molar-refractivity contribution in [3.05, 3.63) is 70.7 Å². The number of aryl methyl sites for hydroxylation is 1. The van der Waals surface area contributed by atoms with Crippen molar-refractivity contribution in [2.45, 2.75) is 26.9 Å². The Morgan fingerprint density at radius 1 is 1.06 bits per heavy atom. The van der Waals surface area contributed by atoms with Crippen LogP contribution in [0.5, 0.6) is 5.75 Å². The van der Waals surface area contributed by atoms with E-state index in [2.05, 4.69) is 58.3 Å². The summed E-state index contributed by atoms with van der Waals surface area (Å²) in [6.45, 7) is 7.06. The highest BCUT2D eigenvalue weighted by atomic mass is 32.1. The molecule has 0 bridgehead atoms. The second-order valence-corrected chi connectivity index (χ2v) is 7.80. The molecule has 0 aliphatic heterocycles. The molecule has 1 aromatic heterocycles. The monoisotopic (exact) mass is 438 g/mol. The largest absolute Gasteiger partial charge is 0.491 e. The van der Waals surface area contributed by atoms with Crippen molar-refractivity contribution < 1.29 is 9.47 Å². The molecular weight excluding hydrogens is 408 g/mol. The van der Waals surface area contributed by atoms with E-state index in [1.165, 1.54) is 0 Å². The van der Waals surface area contributed by atoms with Crippen LogP contribution in [0.3, 0.4) is 0 Å². The van der Waals surface area contributed by atoms with Gasteiger partial charge in [0.25, 0.3) is 0 Å². The predicted octanol–water partition coefficient (Wildman–Crippen LogP) is 4.40. The van der Waals surface area contributed by atoms with Gasteiger partial charge in [0.05, 0.1) is 18.8 Å². The van der Waals surface area contributed by atoms with Crippen LogP contribution in [0.1, 0.15) is 23.7 Å². The standard InChI is InChI=1S/C24H30N4O2S/c1-4-29-12-13-30-22-14-18(2)10-11-20(22)15-26-24(25-3)27-16-21-17-31-23(28-21)19-8-6-5-7-9-19/h5-11,14,17H,4,12-13,15-16H2,1-3H3,(H2,25,26,27). The maximum absolute atomic E-state index is 5.93. The van der Waals surface area contributed by atoms with Crippen molar-refractivity contribution in [2.75, 3.05) is 26.9 Å². The Morgan fingerprint density at radius 2 is 1.87 bits per heavy atom. The highest BCUT2D eigenvalue weighted by Crippen LogP contribution is 2.23. The molecule has 0 saturated heterocycles. The van der Waals surface area contributed by atoms with Crippen LogP contribution < -0.4 is 15.4 Å². The average Bonchev–Trinajstić information content (AvgIpc) is 3.27. The summed E-state index contributed by atoms with van der Waals surface area (Å²) in [5.74, 6) is 1.59. The molecule has 0 unspecified atom stereocenters. The lowest BCUT2D eigenvalue weighted by atomic mass is 10.1. The van der Waals surface area contributed by atoms with Gasteiger partial charge in [-0.25, -0.2) is 4.98 Å². The second kappa shape index (κ2) is 12.1. The molecule has 7 heteroatoms. The second-order valence-electron chi connectivity index (χ2n) is 6.95. The molecule has 31 heavy (non-hydrogen) atoms. The van der Waals surface area contributed by atoms with Crippen LogP contribution in [0.4, 0.5) is 0 Å². The van der Waals surface area contributed by atoms with Crippen molar-refractivity contribution in [3.8, 4) is 16.3 Å². The normalized spacial score (nSPS) is 11.4. The third-order valence-electron chi connectivity index (χ3n) is 4.59. The zero-order valence-electron chi connectivity index (χ0n) is 18.4. The summed E-state index contributed by atoms with van der Waals surface area (Å²) >= 11 is 1.65. The molecule has 0 aliphatic carbocycles. The number of ether oxygens (including phenoxy) is 2. The van der Waals surface area contributed by atoms with Gasteiger partial charge in [-0.1, -0.05) is 42.5 Å². The maximum Gasteiger partial charge on any atom is 0.191 e. The molecule has 164 valence electrons. The Kier molecular flexibility index (Phi) is 8.87. The number of thiazole rings is 1. The first-order chi connectivity index (χ1) is 15.2. The van der Waals surface area contributed by atoms with E-state index in [0.717, 1.165) is 39.1 Å². The Balaban J connectivity index is 1.53. The Labute approximate surface area is 188 Å². The van der Waals surface area contributed by atoms with E-state index < -0.39 is 0 Å². The van der Waals surface area contributed by atoms with Crippen molar-refractivity contribution in [2.24, 2.45) is 4.99 Å². The van der Waals surface area contributed by atoms with E-state index in [-0.39, 0.29) is 0 Å². The summed E-state index contributed by atoms with van der Waals surface area (Å²) in [5.41, 5.74) is 4.36. The average molecular weight is 439 g/mol. The highest BCUT2D eigenvalue weighted by molar-refractivity contribution is 7.13. The first-order valence-corrected chi connectivity index (χ1v) is 11.3. The van der Waals surface area contributed by atoms with Gasteiger partial charge in [-0.15, -0.1) is 11.3 Å². The third-order valence-corrected chi connectivity index (χ3v) is 5.53. The maximum atomic E-state index is 5.93. The third kappa shape index (κ3) is 7.08. The minimum atomic E-state index is 0.533. The van der Waals surface area contributed by atoms with Crippen LogP contribution in [-0.2, 0) is 17.8 Å². The molecule has 2 aromatic carbocycles. The number of guanidine groups is 1. The van der Waals surface area contributed by atoms with Gasteiger partial charge in [-0.2, -0.15) is 0 Å². The fourth-order valence-electron chi connectivity index (χ4n) is 2.97. The molecular formula is C24H30N4O2S. The smallest absolute Gasteiger partial charge is 0.191 e. The lowest BCUT2D eigenvalue weighted by molar-refractivity contribution is 0.110. The Bertz CT molecular complexity index is 973. The molecule has 0 fully saturated rings. The SMILES string of the molecule is CCOCCOc1cc(C)ccc1CNC(=NC)NCc1csc(-c2ccccc2)n1. The van der Waals surface area contributed by atoms with E-state index in [4.69, 9.17) is 14.5 Å². The number of benzene rings is 2. The zero-order valence-corrected chi connectivity index (χ0v) is 19.2. The lowest BCUT2D eigenvalue weighted by Gasteiger charge is -2.15. The van der Waals surface area contributed by atoms with Crippen LogP contribution in [-0.4, -0.2) is 37.8 Å². The van der Waals surface area contributed by atoms with Gasteiger partial charge in [0.2, 0.25) is 0 Å². The summed E-state index contributed by atoms with van der Waals surface area (Å²) in [6, 6.07) is 16.4. The summed E-state index contributed by atoms with van der Waals surface area (Å²) in [4.78, 5) is 9.05. The van der Waals surface area contributed by atoms with Gasteiger partial charge >= 0.3 is 0 Å². The summed E-state index contributed by atoms with van der Waals surface area (Å²) in [6.07, 6.45) is 0. The van der Waals surface area contributed by atoms with E-state index in [9.17, 15) is 0 Å². The molecule has 0 saturated carbocycles. The molecule has 0 spiro atoms. The van der Waals surface area contributed by atoms with Crippen molar-refractivity contribution in [1.29, 1.82) is 0 Å². The number of hydrogen-bond acceptors (Lipinski definition) is 5. The quantitative estimate of drug-likeness (QED) is 0.279. The first kappa shape index (κ1) is 22.8.